The molecule has 0 aliphatic rings. The second-order valence-corrected chi connectivity index (χ2v) is 5.36. The number of benzene rings is 1. The van der Waals surface area contributed by atoms with Crippen LogP contribution in [-0.2, 0) is 4.74 Å². The third-order valence-electron chi connectivity index (χ3n) is 2.51. The predicted octanol–water partition coefficient (Wildman–Crippen LogP) is 3.46. The molecule has 0 aromatic heterocycles. The Labute approximate surface area is 117 Å². The number of nitrogens with zero attached hydrogens (tertiary/aromatic N) is 1. The van der Waals surface area contributed by atoms with Crippen molar-refractivity contribution in [1.29, 1.82) is 0 Å². The average Bonchev–Trinajstić information content (AvgIpc) is 2.44. The first-order valence-corrected chi connectivity index (χ1v) is 7.99. The van der Waals surface area contributed by atoms with Crippen molar-refractivity contribution < 1.29 is 9.47 Å². The number of hydrogen-bond donors (Lipinski definition) is 0. The van der Waals surface area contributed by atoms with Crippen molar-refractivity contribution in [2.45, 2.75) is 6.10 Å². The highest BCUT2D eigenvalue weighted by molar-refractivity contribution is 8.38. The predicted molar refractivity (Wildman–Crippen MR) is 82.1 cm³/mol. The number of ether oxygens (including phenoxy) is 2. The van der Waals surface area contributed by atoms with Crippen molar-refractivity contribution in [2.24, 2.45) is 4.99 Å². The number of thioether (sulfide) groups is 2. The minimum atomic E-state index is -0.00907. The largest absolute Gasteiger partial charge is 0.497 e. The standard InChI is InChI=1S/C13H19NO2S2/c1-15-11-7-5-10(6-8-11)12(16-2)9-14-13(17-3)18-4/h5-8,12H,9H2,1-4H3. The number of aliphatic imine (C=N–C) groups is 1. The maximum atomic E-state index is 5.48. The molecule has 1 aromatic rings. The first kappa shape index (κ1) is 15.4. The summed E-state index contributed by atoms with van der Waals surface area (Å²) in [4.78, 5) is 4.54. The van der Waals surface area contributed by atoms with E-state index in [1.165, 1.54) is 0 Å². The lowest BCUT2D eigenvalue weighted by atomic mass is 10.1. The van der Waals surface area contributed by atoms with E-state index in [1.54, 1.807) is 37.7 Å². The van der Waals surface area contributed by atoms with Gasteiger partial charge in [-0.2, -0.15) is 0 Å². The normalized spacial score (nSPS) is 12.0. The zero-order chi connectivity index (χ0) is 13.4. The van der Waals surface area contributed by atoms with E-state index in [-0.39, 0.29) is 6.10 Å². The summed E-state index contributed by atoms with van der Waals surface area (Å²) in [5.41, 5.74) is 1.11. The summed E-state index contributed by atoms with van der Waals surface area (Å²) in [6, 6.07) is 7.91. The first-order valence-electron chi connectivity index (χ1n) is 5.54. The van der Waals surface area contributed by atoms with Crippen molar-refractivity contribution in [3.8, 4) is 5.75 Å². The third-order valence-corrected chi connectivity index (χ3v) is 4.46. The summed E-state index contributed by atoms with van der Waals surface area (Å²) in [5, 5.41) is 0. The maximum absolute atomic E-state index is 5.48. The molecule has 1 aromatic carbocycles. The lowest BCUT2D eigenvalue weighted by Crippen LogP contribution is -2.06. The van der Waals surface area contributed by atoms with Gasteiger partial charge < -0.3 is 9.47 Å². The Bertz CT molecular complexity index is 373. The van der Waals surface area contributed by atoms with E-state index in [0.29, 0.717) is 6.54 Å². The van der Waals surface area contributed by atoms with Crippen molar-refractivity contribution in [3.05, 3.63) is 29.8 Å². The minimum Gasteiger partial charge on any atom is -0.497 e. The Hall–Kier alpha value is -0.650. The quantitative estimate of drug-likeness (QED) is 0.612. The van der Waals surface area contributed by atoms with E-state index >= 15 is 0 Å². The maximum Gasteiger partial charge on any atom is 0.124 e. The molecule has 1 unspecified atom stereocenters. The van der Waals surface area contributed by atoms with Gasteiger partial charge in [0, 0.05) is 7.11 Å². The van der Waals surface area contributed by atoms with E-state index in [2.05, 4.69) is 4.99 Å². The molecule has 0 saturated carbocycles. The molecule has 0 amide bonds. The van der Waals surface area contributed by atoms with E-state index < -0.39 is 0 Å². The molecule has 18 heavy (non-hydrogen) atoms. The van der Waals surface area contributed by atoms with Gasteiger partial charge in [-0.3, -0.25) is 4.99 Å². The van der Waals surface area contributed by atoms with Crippen LogP contribution in [0.25, 0.3) is 0 Å². The van der Waals surface area contributed by atoms with Gasteiger partial charge in [-0.05, 0) is 30.2 Å². The number of methoxy groups -OCH3 is 2. The SMILES string of the molecule is COc1ccc(C(CN=C(SC)SC)OC)cc1. The Balaban J connectivity index is 2.73. The van der Waals surface area contributed by atoms with Gasteiger partial charge in [0.15, 0.2) is 0 Å². The van der Waals surface area contributed by atoms with Crippen molar-refractivity contribution in [3.63, 3.8) is 0 Å². The van der Waals surface area contributed by atoms with Gasteiger partial charge >= 0.3 is 0 Å². The molecule has 1 rings (SSSR count). The van der Waals surface area contributed by atoms with Crippen LogP contribution < -0.4 is 4.74 Å². The van der Waals surface area contributed by atoms with E-state index in [1.807, 2.05) is 36.8 Å². The van der Waals surface area contributed by atoms with Gasteiger partial charge in [0.1, 0.15) is 16.2 Å². The zero-order valence-electron chi connectivity index (χ0n) is 11.2. The highest BCUT2D eigenvalue weighted by Crippen LogP contribution is 2.21. The van der Waals surface area contributed by atoms with Crippen molar-refractivity contribution >= 4 is 27.9 Å². The summed E-state index contributed by atoms with van der Waals surface area (Å²) >= 11 is 3.32. The minimum absolute atomic E-state index is 0.00907. The molecule has 0 spiro atoms. The zero-order valence-corrected chi connectivity index (χ0v) is 12.8. The van der Waals surface area contributed by atoms with Gasteiger partial charge in [-0.1, -0.05) is 12.1 Å². The van der Waals surface area contributed by atoms with Gasteiger partial charge in [0.25, 0.3) is 0 Å². The lowest BCUT2D eigenvalue weighted by molar-refractivity contribution is 0.111. The Morgan fingerprint density at radius 2 is 1.78 bits per heavy atom. The van der Waals surface area contributed by atoms with Crippen LogP contribution in [0.1, 0.15) is 11.7 Å². The number of rotatable bonds is 5. The van der Waals surface area contributed by atoms with Crippen LogP contribution in [0, 0.1) is 0 Å². The fourth-order valence-electron chi connectivity index (χ4n) is 1.50. The molecule has 0 fully saturated rings. The fourth-order valence-corrected chi connectivity index (χ4v) is 2.58. The summed E-state index contributed by atoms with van der Waals surface area (Å²) in [6.07, 6.45) is 4.06. The molecule has 5 heteroatoms. The van der Waals surface area contributed by atoms with Crippen molar-refractivity contribution in [2.75, 3.05) is 33.3 Å². The van der Waals surface area contributed by atoms with Crippen LogP contribution in [-0.4, -0.2) is 37.7 Å². The van der Waals surface area contributed by atoms with Gasteiger partial charge in [-0.15, -0.1) is 23.5 Å². The second kappa shape index (κ2) is 8.45. The van der Waals surface area contributed by atoms with E-state index in [0.717, 1.165) is 15.7 Å². The second-order valence-electron chi connectivity index (χ2n) is 3.51. The summed E-state index contributed by atoms with van der Waals surface area (Å²) in [6.45, 7) is 0.639. The topological polar surface area (TPSA) is 30.8 Å². The van der Waals surface area contributed by atoms with Crippen LogP contribution in [0.2, 0.25) is 0 Å². The highest BCUT2D eigenvalue weighted by Gasteiger charge is 2.10. The highest BCUT2D eigenvalue weighted by atomic mass is 32.2. The summed E-state index contributed by atoms with van der Waals surface area (Å²) in [7, 11) is 3.37. The van der Waals surface area contributed by atoms with Gasteiger partial charge in [-0.25, -0.2) is 0 Å². The van der Waals surface area contributed by atoms with E-state index in [4.69, 9.17) is 9.47 Å². The van der Waals surface area contributed by atoms with Crippen LogP contribution in [0.15, 0.2) is 29.3 Å². The first-order chi connectivity index (χ1) is 8.74. The average molecular weight is 285 g/mol. The Morgan fingerprint density at radius 1 is 1.17 bits per heavy atom. The monoisotopic (exact) mass is 285 g/mol. The van der Waals surface area contributed by atoms with Crippen LogP contribution in [0.5, 0.6) is 5.75 Å². The molecule has 3 nitrogen and oxygen atoms in total. The van der Waals surface area contributed by atoms with Gasteiger partial charge in [0.05, 0.1) is 13.7 Å². The summed E-state index contributed by atoms with van der Waals surface area (Å²) < 4.78 is 11.7. The van der Waals surface area contributed by atoms with Crippen LogP contribution in [0.4, 0.5) is 0 Å². The molecule has 0 bridgehead atoms. The lowest BCUT2D eigenvalue weighted by Gasteiger charge is -2.14. The summed E-state index contributed by atoms with van der Waals surface area (Å²) in [5.74, 6) is 0.853. The smallest absolute Gasteiger partial charge is 0.124 e. The molecule has 1 atom stereocenters. The molecule has 100 valence electrons. The molecule has 0 N–H and O–H groups in total. The van der Waals surface area contributed by atoms with Crippen molar-refractivity contribution in [1.82, 2.24) is 0 Å². The molecular formula is C13H19NO2S2. The molecule has 0 heterocycles. The Kier molecular flexibility index (Phi) is 7.23. The third kappa shape index (κ3) is 4.55. The van der Waals surface area contributed by atoms with E-state index in [9.17, 15) is 0 Å². The van der Waals surface area contributed by atoms with Gasteiger partial charge in [0.2, 0.25) is 0 Å². The van der Waals surface area contributed by atoms with Crippen LogP contribution >= 0.6 is 23.5 Å². The number of hydrogen-bond acceptors (Lipinski definition) is 5. The molecule has 0 aliphatic heterocycles. The molecule has 0 saturated heterocycles. The molecule has 0 aliphatic carbocycles. The molecule has 0 radical (unpaired) electrons. The fraction of sp³-hybridized carbons (Fsp3) is 0.462. The van der Waals surface area contributed by atoms with Crippen LogP contribution in [0.3, 0.4) is 0 Å². The Morgan fingerprint density at radius 3 is 2.22 bits per heavy atom. The molecular weight excluding hydrogens is 266 g/mol.